The number of nitrogens with zero attached hydrogens (tertiary/aromatic N) is 3. The zero-order valence-electron chi connectivity index (χ0n) is 12.3. The van der Waals surface area contributed by atoms with Crippen LogP contribution in [0.5, 0.6) is 0 Å². The second-order valence-corrected chi connectivity index (χ2v) is 6.12. The number of carbonyl (C=O) groups is 3. The molecule has 0 bridgehead atoms. The Balaban J connectivity index is 1.58. The van der Waals surface area contributed by atoms with Crippen molar-refractivity contribution in [2.24, 2.45) is 5.92 Å². The summed E-state index contributed by atoms with van der Waals surface area (Å²) in [6.45, 7) is 2.80. The van der Waals surface area contributed by atoms with Crippen LogP contribution in [0.3, 0.4) is 0 Å². The number of hydrogen-bond acceptors (Lipinski definition) is 5. The summed E-state index contributed by atoms with van der Waals surface area (Å²) in [4.78, 5) is 41.0. The first-order valence-corrected chi connectivity index (χ1v) is 7.52. The quantitative estimate of drug-likeness (QED) is 0.712. The van der Waals surface area contributed by atoms with Gasteiger partial charge >= 0.3 is 6.09 Å². The lowest BCUT2D eigenvalue weighted by molar-refractivity contribution is -0.136. The first-order valence-electron chi connectivity index (χ1n) is 7.52. The standard InChI is InChI=1S/C14H21N3O4/c1-15-5-2-10(3-6-15)13(19)16-7-4-11(8-16)17-12(18)9-21-14(17)20/h10-11H,2-9H2,1H3. The normalized spacial score (nSPS) is 28.3. The minimum absolute atomic E-state index is 0.0844. The van der Waals surface area contributed by atoms with Gasteiger partial charge in [0.25, 0.3) is 5.91 Å². The third kappa shape index (κ3) is 2.74. The summed E-state index contributed by atoms with van der Waals surface area (Å²) >= 11 is 0. The Morgan fingerprint density at radius 2 is 1.86 bits per heavy atom. The van der Waals surface area contributed by atoms with Gasteiger partial charge in [-0.15, -0.1) is 0 Å². The summed E-state index contributed by atoms with van der Waals surface area (Å²) in [7, 11) is 2.07. The van der Waals surface area contributed by atoms with E-state index in [1.807, 2.05) is 0 Å². The molecule has 3 aliphatic rings. The van der Waals surface area contributed by atoms with E-state index in [0.29, 0.717) is 19.5 Å². The maximum atomic E-state index is 12.5. The Morgan fingerprint density at radius 1 is 1.14 bits per heavy atom. The van der Waals surface area contributed by atoms with Crippen LogP contribution in [-0.4, -0.2) is 78.5 Å². The van der Waals surface area contributed by atoms with Crippen molar-refractivity contribution < 1.29 is 19.1 Å². The molecule has 21 heavy (non-hydrogen) atoms. The van der Waals surface area contributed by atoms with Gasteiger partial charge in [-0.05, 0) is 39.4 Å². The number of ether oxygens (including phenoxy) is 1. The lowest BCUT2D eigenvalue weighted by Crippen LogP contribution is -2.44. The van der Waals surface area contributed by atoms with Crippen LogP contribution in [0.25, 0.3) is 0 Å². The van der Waals surface area contributed by atoms with Crippen LogP contribution in [0.2, 0.25) is 0 Å². The number of carbonyl (C=O) groups excluding carboxylic acids is 3. The van der Waals surface area contributed by atoms with Gasteiger partial charge in [0.2, 0.25) is 5.91 Å². The molecular weight excluding hydrogens is 274 g/mol. The predicted molar refractivity (Wildman–Crippen MR) is 73.4 cm³/mol. The Hall–Kier alpha value is -1.63. The number of hydrogen-bond donors (Lipinski definition) is 0. The Morgan fingerprint density at radius 3 is 2.48 bits per heavy atom. The van der Waals surface area contributed by atoms with Crippen LogP contribution in [0.4, 0.5) is 4.79 Å². The molecule has 0 aromatic rings. The molecule has 0 aromatic carbocycles. The van der Waals surface area contributed by atoms with Crippen molar-refractivity contribution in [2.75, 3.05) is 39.8 Å². The maximum Gasteiger partial charge on any atom is 0.417 e. The number of rotatable bonds is 2. The fourth-order valence-corrected chi connectivity index (χ4v) is 3.38. The molecule has 116 valence electrons. The van der Waals surface area contributed by atoms with Gasteiger partial charge in [-0.25, -0.2) is 9.69 Å². The lowest BCUT2D eigenvalue weighted by Gasteiger charge is -2.31. The molecule has 3 saturated heterocycles. The van der Waals surface area contributed by atoms with E-state index in [1.165, 1.54) is 4.90 Å². The van der Waals surface area contributed by atoms with E-state index in [1.54, 1.807) is 4.90 Å². The summed E-state index contributed by atoms with van der Waals surface area (Å²) in [6, 6.07) is -0.220. The predicted octanol–water partition coefficient (Wildman–Crippen LogP) is -0.0921. The van der Waals surface area contributed by atoms with Crippen LogP contribution in [-0.2, 0) is 14.3 Å². The van der Waals surface area contributed by atoms with E-state index in [9.17, 15) is 14.4 Å². The summed E-state index contributed by atoms with van der Waals surface area (Å²) in [5.41, 5.74) is 0. The molecule has 3 fully saturated rings. The maximum absolute atomic E-state index is 12.5. The number of imide groups is 1. The topological polar surface area (TPSA) is 70.2 Å². The van der Waals surface area contributed by atoms with Gasteiger partial charge in [0.1, 0.15) is 0 Å². The van der Waals surface area contributed by atoms with E-state index in [-0.39, 0.29) is 30.4 Å². The SMILES string of the molecule is CN1CCC(C(=O)N2CCC(N3C(=O)COC3=O)C2)CC1. The minimum atomic E-state index is -0.571. The first kappa shape index (κ1) is 14.3. The van der Waals surface area contributed by atoms with Gasteiger partial charge in [-0.2, -0.15) is 0 Å². The van der Waals surface area contributed by atoms with Crippen molar-refractivity contribution in [1.82, 2.24) is 14.7 Å². The van der Waals surface area contributed by atoms with Gasteiger partial charge in [0, 0.05) is 19.0 Å². The highest BCUT2D eigenvalue weighted by molar-refractivity contribution is 5.98. The Bertz CT molecular complexity index is 443. The highest BCUT2D eigenvalue weighted by Crippen LogP contribution is 2.24. The Labute approximate surface area is 123 Å². The number of cyclic esters (lactones) is 1. The van der Waals surface area contributed by atoms with Crippen LogP contribution in [0.1, 0.15) is 19.3 Å². The van der Waals surface area contributed by atoms with E-state index in [0.717, 1.165) is 25.9 Å². The average Bonchev–Trinajstić information content (AvgIpc) is 3.06. The molecule has 0 aliphatic carbocycles. The summed E-state index contributed by atoms with van der Waals surface area (Å²) < 4.78 is 4.74. The minimum Gasteiger partial charge on any atom is -0.439 e. The summed E-state index contributed by atoms with van der Waals surface area (Å²) in [6.07, 6.45) is 1.86. The monoisotopic (exact) mass is 295 g/mol. The summed E-state index contributed by atoms with van der Waals surface area (Å²) in [5, 5.41) is 0. The fourth-order valence-electron chi connectivity index (χ4n) is 3.38. The van der Waals surface area contributed by atoms with E-state index in [4.69, 9.17) is 4.74 Å². The molecule has 0 spiro atoms. The molecule has 7 nitrogen and oxygen atoms in total. The van der Waals surface area contributed by atoms with Crippen molar-refractivity contribution in [3.63, 3.8) is 0 Å². The second kappa shape index (κ2) is 5.63. The van der Waals surface area contributed by atoms with E-state index >= 15 is 0 Å². The number of likely N-dealkylation sites (tertiary alicyclic amines) is 2. The molecule has 7 heteroatoms. The fraction of sp³-hybridized carbons (Fsp3) is 0.786. The van der Waals surface area contributed by atoms with Gasteiger partial charge in [-0.1, -0.05) is 0 Å². The van der Waals surface area contributed by atoms with Crippen molar-refractivity contribution in [3.05, 3.63) is 0 Å². The molecule has 3 rings (SSSR count). The number of piperidine rings is 1. The third-order valence-electron chi connectivity index (χ3n) is 4.69. The van der Waals surface area contributed by atoms with E-state index in [2.05, 4.69) is 11.9 Å². The van der Waals surface area contributed by atoms with Crippen molar-refractivity contribution in [2.45, 2.75) is 25.3 Å². The van der Waals surface area contributed by atoms with Crippen LogP contribution in [0.15, 0.2) is 0 Å². The molecule has 0 aromatic heterocycles. The Kier molecular flexibility index (Phi) is 3.84. The van der Waals surface area contributed by atoms with Gasteiger partial charge in [0.15, 0.2) is 6.61 Å². The summed E-state index contributed by atoms with van der Waals surface area (Å²) in [5.74, 6) is -0.0367. The van der Waals surface area contributed by atoms with Gasteiger partial charge in [0.05, 0.1) is 6.04 Å². The van der Waals surface area contributed by atoms with Gasteiger partial charge in [-0.3, -0.25) is 9.59 Å². The van der Waals surface area contributed by atoms with Gasteiger partial charge < -0.3 is 14.5 Å². The smallest absolute Gasteiger partial charge is 0.417 e. The molecule has 0 N–H and O–H groups in total. The largest absolute Gasteiger partial charge is 0.439 e. The molecule has 3 heterocycles. The van der Waals surface area contributed by atoms with E-state index < -0.39 is 6.09 Å². The lowest BCUT2D eigenvalue weighted by atomic mass is 9.96. The zero-order valence-corrected chi connectivity index (χ0v) is 12.3. The molecule has 3 aliphatic heterocycles. The molecule has 0 radical (unpaired) electrons. The van der Waals surface area contributed by atoms with Crippen molar-refractivity contribution >= 4 is 17.9 Å². The molecule has 1 atom stereocenters. The third-order valence-corrected chi connectivity index (χ3v) is 4.69. The first-order chi connectivity index (χ1) is 10.1. The average molecular weight is 295 g/mol. The molecular formula is C14H21N3O4. The highest BCUT2D eigenvalue weighted by atomic mass is 16.6. The molecule has 1 unspecified atom stereocenters. The van der Waals surface area contributed by atoms with Crippen molar-refractivity contribution in [3.8, 4) is 0 Å². The van der Waals surface area contributed by atoms with Crippen LogP contribution < -0.4 is 0 Å². The molecule has 3 amide bonds. The second-order valence-electron chi connectivity index (χ2n) is 6.12. The zero-order chi connectivity index (χ0) is 15.0. The highest BCUT2D eigenvalue weighted by Gasteiger charge is 2.42. The number of amides is 3. The van der Waals surface area contributed by atoms with Crippen LogP contribution in [0, 0.1) is 5.92 Å². The van der Waals surface area contributed by atoms with Crippen molar-refractivity contribution in [1.29, 1.82) is 0 Å². The van der Waals surface area contributed by atoms with Crippen LogP contribution >= 0.6 is 0 Å². The molecule has 0 saturated carbocycles.